The molecule has 0 aliphatic rings. The van der Waals surface area contributed by atoms with E-state index in [0.29, 0.717) is 22.2 Å². The second kappa shape index (κ2) is 11.3. The van der Waals surface area contributed by atoms with Crippen molar-refractivity contribution in [2.75, 3.05) is 5.84 Å². The lowest BCUT2D eigenvalue weighted by atomic mass is 9.98. The van der Waals surface area contributed by atoms with Crippen LogP contribution in [0, 0.1) is 23.7 Å². The fourth-order valence-corrected chi connectivity index (χ4v) is 3.94. The maximum atomic E-state index is 13.5. The molecular weight excluding hydrogens is 484 g/mol. The van der Waals surface area contributed by atoms with E-state index in [1.54, 1.807) is 24.3 Å². The SMILES string of the molecule is Cc1cc(/N=c2\n(N)c(=O)n(CC(C)C(=O)N=O)c(=O)n2Cc2ccc(Cl)cc2)ccc1CC(C)C. The summed E-state index contributed by atoms with van der Waals surface area (Å²) in [5.41, 5.74) is 1.78. The van der Waals surface area contributed by atoms with Crippen LogP contribution < -0.4 is 22.8 Å². The van der Waals surface area contributed by atoms with Gasteiger partial charge in [-0.2, -0.15) is 4.68 Å². The van der Waals surface area contributed by atoms with Crippen molar-refractivity contribution in [1.82, 2.24) is 13.8 Å². The predicted molar refractivity (Wildman–Crippen MR) is 139 cm³/mol. The van der Waals surface area contributed by atoms with Gasteiger partial charge in [0, 0.05) is 16.7 Å². The Labute approximate surface area is 212 Å². The zero-order valence-electron chi connectivity index (χ0n) is 20.6. The van der Waals surface area contributed by atoms with Gasteiger partial charge in [0.15, 0.2) is 0 Å². The Balaban J connectivity index is 2.23. The fraction of sp³-hybridized carbons (Fsp3) is 0.360. The molecule has 0 radical (unpaired) electrons. The first-order valence-corrected chi connectivity index (χ1v) is 11.9. The molecule has 3 aromatic rings. The molecule has 3 rings (SSSR count). The Morgan fingerprint density at radius 1 is 1.03 bits per heavy atom. The number of carbonyl (C=O) groups excluding carboxylic acids is 1. The summed E-state index contributed by atoms with van der Waals surface area (Å²) in [5.74, 6) is 4.66. The van der Waals surface area contributed by atoms with Gasteiger partial charge in [-0.15, -0.1) is 4.91 Å². The van der Waals surface area contributed by atoms with Crippen LogP contribution in [0.5, 0.6) is 0 Å². The van der Waals surface area contributed by atoms with Gasteiger partial charge in [-0.05, 0) is 60.2 Å². The highest BCUT2D eigenvalue weighted by atomic mass is 35.5. The van der Waals surface area contributed by atoms with Crippen molar-refractivity contribution in [3.63, 3.8) is 0 Å². The van der Waals surface area contributed by atoms with Crippen LogP contribution in [0.4, 0.5) is 5.69 Å². The summed E-state index contributed by atoms with van der Waals surface area (Å²) in [4.78, 5) is 53.4. The molecule has 10 nitrogen and oxygen atoms in total. The van der Waals surface area contributed by atoms with E-state index in [4.69, 9.17) is 17.4 Å². The molecule has 1 atom stereocenters. The molecule has 0 saturated carbocycles. The zero-order chi connectivity index (χ0) is 26.6. The smallest absolute Gasteiger partial charge is 0.332 e. The van der Waals surface area contributed by atoms with Crippen LogP contribution in [-0.2, 0) is 24.3 Å². The second-order valence-electron chi connectivity index (χ2n) is 9.21. The zero-order valence-corrected chi connectivity index (χ0v) is 21.4. The standard InChI is InChI=1S/C25H29ClN6O4/c1-15(2)11-19-7-10-21(12-16(19)3)28-23-30(14-18-5-8-20(26)9-6-18)24(34)31(25(35)32(23)27)13-17(4)22(33)29-36/h5-10,12,15,17H,11,13-14,27H2,1-4H3/b28-23-. The molecule has 0 aliphatic heterocycles. The van der Waals surface area contributed by atoms with E-state index < -0.39 is 23.2 Å². The number of rotatable bonds is 8. The van der Waals surface area contributed by atoms with Crippen molar-refractivity contribution in [3.05, 3.63) is 95.7 Å². The summed E-state index contributed by atoms with van der Waals surface area (Å²) >= 11 is 5.99. The monoisotopic (exact) mass is 512 g/mol. The highest BCUT2D eigenvalue weighted by Crippen LogP contribution is 2.20. The average molecular weight is 513 g/mol. The Morgan fingerprint density at radius 3 is 2.28 bits per heavy atom. The minimum atomic E-state index is -0.990. The van der Waals surface area contributed by atoms with Gasteiger partial charge in [-0.3, -0.25) is 9.36 Å². The summed E-state index contributed by atoms with van der Waals surface area (Å²) < 4.78 is 2.81. The highest BCUT2D eigenvalue weighted by molar-refractivity contribution is 6.30. The number of aryl methyl sites for hydroxylation is 1. The number of nitroso groups, excluding NO2 is 1. The molecule has 1 amide bonds. The first-order chi connectivity index (χ1) is 17.0. The van der Waals surface area contributed by atoms with Crippen molar-refractivity contribution in [2.45, 2.75) is 47.2 Å². The molecule has 0 saturated heterocycles. The first kappa shape index (κ1) is 26.8. The third-order valence-corrected chi connectivity index (χ3v) is 6.01. The minimum absolute atomic E-state index is 0.0327. The largest absolute Gasteiger partial charge is 0.353 e. The maximum Gasteiger partial charge on any atom is 0.353 e. The molecule has 0 bridgehead atoms. The maximum absolute atomic E-state index is 13.5. The van der Waals surface area contributed by atoms with Crippen LogP contribution in [0.3, 0.4) is 0 Å². The van der Waals surface area contributed by atoms with Crippen molar-refractivity contribution < 1.29 is 4.79 Å². The predicted octanol–water partition coefficient (Wildman–Crippen LogP) is 2.90. The molecule has 190 valence electrons. The quantitative estimate of drug-likeness (QED) is 0.366. The van der Waals surface area contributed by atoms with E-state index in [-0.39, 0.29) is 18.7 Å². The van der Waals surface area contributed by atoms with Gasteiger partial charge >= 0.3 is 11.4 Å². The van der Waals surface area contributed by atoms with E-state index in [1.807, 2.05) is 25.1 Å². The summed E-state index contributed by atoms with van der Waals surface area (Å²) in [6, 6.07) is 12.5. The Bertz CT molecular complexity index is 1470. The van der Waals surface area contributed by atoms with Crippen LogP contribution >= 0.6 is 11.6 Å². The number of benzene rings is 2. The third kappa shape index (κ3) is 6.06. The van der Waals surface area contributed by atoms with Crippen LogP contribution in [-0.4, -0.2) is 19.7 Å². The van der Waals surface area contributed by atoms with Gasteiger partial charge in [0.05, 0.1) is 18.2 Å². The van der Waals surface area contributed by atoms with E-state index in [2.05, 4.69) is 24.0 Å². The molecule has 0 aliphatic carbocycles. The molecule has 0 spiro atoms. The van der Waals surface area contributed by atoms with Crippen molar-refractivity contribution in [3.8, 4) is 0 Å². The van der Waals surface area contributed by atoms with Gasteiger partial charge in [0.25, 0.3) is 5.91 Å². The second-order valence-corrected chi connectivity index (χ2v) is 9.65. The van der Waals surface area contributed by atoms with Crippen molar-refractivity contribution in [2.24, 2.45) is 22.0 Å². The molecule has 1 aromatic heterocycles. The summed E-state index contributed by atoms with van der Waals surface area (Å²) in [5, 5.41) is 2.92. The number of nitrogen functional groups attached to an aromatic ring is 1. The highest BCUT2D eigenvalue weighted by Gasteiger charge is 2.20. The van der Waals surface area contributed by atoms with Crippen molar-refractivity contribution in [1.29, 1.82) is 0 Å². The van der Waals surface area contributed by atoms with Crippen LogP contribution in [0.2, 0.25) is 5.02 Å². The lowest BCUT2D eigenvalue weighted by Gasteiger charge is -2.15. The number of nitrogens with two attached hydrogens (primary N) is 1. The lowest BCUT2D eigenvalue weighted by Crippen LogP contribution is -2.58. The Kier molecular flexibility index (Phi) is 8.41. The molecular formula is C25H29ClN6O4. The topological polar surface area (TPSA) is 134 Å². The van der Waals surface area contributed by atoms with Crippen LogP contribution in [0.15, 0.2) is 62.2 Å². The summed E-state index contributed by atoms with van der Waals surface area (Å²) in [6.07, 6.45) is 0.910. The van der Waals surface area contributed by atoms with Gasteiger partial charge < -0.3 is 5.84 Å². The Morgan fingerprint density at radius 2 is 1.69 bits per heavy atom. The molecule has 1 unspecified atom stereocenters. The van der Waals surface area contributed by atoms with Crippen molar-refractivity contribution >= 4 is 23.2 Å². The average Bonchev–Trinajstić information content (AvgIpc) is 2.84. The number of hydrogen-bond acceptors (Lipinski definition) is 6. The van der Waals surface area contributed by atoms with Gasteiger partial charge in [-0.1, -0.05) is 50.6 Å². The first-order valence-electron chi connectivity index (χ1n) is 11.5. The number of aromatic nitrogens is 3. The third-order valence-electron chi connectivity index (χ3n) is 5.76. The molecule has 36 heavy (non-hydrogen) atoms. The van der Waals surface area contributed by atoms with E-state index in [0.717, 1.165) is 21.2 Å². The fourth-order valence-electron chi connectivity index (χ4n) is 3.82. The van der Waals surface area contributed by atoms with E-state index in [9.17, 15) is 19.3 Å². The number of nitrogens with zero attached hydrogens (tertiary/aromatic N) is 5. The van der Waals surface area contributed by atoms with Gasteiger partial charge in [-0.25, -0.2) is 19.1 Å². The molecule has 2 aromatic carbocycles. The molecule has 1 heterocycles. The number of carbonyl (C=O) groups is 1. The normalized spacial score (nSPS) is 12.7. The lowest BCUT2D eigenvalue weighted by molar-refractivity contribution is -0.121. The number of hydrogen-bond donors (Lipinski definition) is 1. The van der Waals surface area contributed by atoms with Gasteiger partial charge in [0.2, 0.25) is 5.62 Å². The minimum Gasteiger partial charge on any atom is -0.332 e. The van der Waals surface area contributed by atoms with Gasteiger partial charge in [0.1, 0.15) is 0 Å². The Hall–Kier alpha value is -3.79. The number of amides is 1. The number of halogens is 1. The molecule has 0 fully saturated rings. The van der Waals surface area contributed by atoms with E-state index in [1.165, 1.54) is 17.1 Å². The summed E-state index contributed by atoms with van der Waals surface area (Å²) in [7, 11) is 0. The van der Waals surface area contributed by atoms with Crippen LogP contribution in [0.1, 0.15) is 37.5 Å². The summed E-state index contributed by atoms with van der Waals surface area (Å²) in [6.45, 7) is 7.33. The van der Waals surface area contributed by atoms with E-state index >= 15 is 0 Å². The van der Waals surface area contributed by atoms with Crippen LogP contribution in [0.25, 0.3) is 0 Å². The molecule has 2 N–H and O–H groups in total. The molecule has 11 heteroatoms.